The van der Waals surface area contributed by atoms with Crippen molar-refractivity contribution in [1.29, 1.82) is 0 Å². The van der Waals surface area contributed by atoms with Crippen LogP contribution in [-0.4, -0.2) is 56.1 Å². The van der Waals surface area contributed by atoms with Crippen LogP contribution in [0, 0.1) is 0 Å². The highest BCUT2D eigenvalue weighted by molar-refractivity contribution is 7.87. The van der Waals surface area contributed by atoms with Crippen molar-refractivity contribution >= 4 is 16.2 Å². The second kappa shape index (κ2) is 7.67. The number of aliphatic carboxylic acids is 1. The Kier molecular flexibility index (Phi) is 7.37. The van der Waals surface area contributed by atoms with Crippen molar-refractivity contribution in [1.82, 2.24) is 9.03 Å². The third-order valence-electron chi connectivity index (χ3n) is 2.40. The van der Waals surface area contributed by atoms with E-state index < -0.39 is 22.3 Å². The van der Waals surface area contributed by atoms with E-state index in [-0.39, 0.29) is 19.0 Å². The summed E-state index contributed by atoms with van der Waals surface area (Å²) in [6.07, 6.45) is -0.898. The van der Waals surface area contributed by atoms with Crippen molar-refractivity contribution in [3.8, 4) is 0 Å². The lowest BCUT2D eigenvalue weighted by molar-refractivity contribution is -0.140. The molecule has 0 amide bonds. The molecule has 18 heavy (non-hydrogen) atoms. The van der Waals surface area contributed by atoms with Gasteiger partial charge in [-0.2, -0.15) is 17.4 Å². The average Bonchev–Trinajstić information content (AvgIpc) is 2.24. The van der Waals surface area contributed by atoms with Crippen LogP contribution in [-0.2, 0) is 19.7 Å². The van der Waals surface area contributed by atoms with E-state index in [1.165, 1.54) is 11.4 Å². The summed E-state index contributed by atoms with van der Waals surface area (Å²) in [7, 11) is -2.14. The monoisotopic (exact) mass is 282 g/mol. The Hall–Kier alpha value is -0.700. The summed E-state index contributed by atoms with van der Waals surface area (Å²) in [5.41, 5.74) is 0. The number of ether oxygens (including phenoxy) is 1. The average molecular weight is 282 g/mol. The number of carbonyl (C=O) groups is 1. The number of rotatable bonds is 9. The zero-order chi connectivity index (χ0) is 14.3. The van der Waals surface area contributed by atoms with Gasteiger partial charge in [-0.25, -0.2) is 0 Å². The van der Waals surface area contributed by atoms with Gasteiger partial charge < -0.3 is 9.84 Å². The van der Waals surface area contributed by atoms with Gasteiger partial charge in [-0.15, -0.1) is 0 Å². The molecule has 0 bridgehead atoms. The fraction of sp³-hybridized carbons (Fsp3) is 0.900. The van der Waals surface area contributed by atoms with Crippen LogP contribution < -0.4 is 4.72 Å². The molecule has 2 N–H and O–H groups in total. The zero-order valence-corrected chi connectivity index (χ0v) is 12.0. The lowest BCUT2D eigenvalue weighted by atomic mass is 10.2. The van der Waals surface area contributed by atoms with Gasteiger partial charge in [0.05, 0.1) is 12.5 Å². The first kappa shape index (κ1) is 17.3. The van der Waals surface area contributed by atoms with Gasteiger partial charge in [0.1, 0.15) is 0 Å². The molecule has 0 rings (SSSR count). The predicted molar refractivity (Wildman–Crippen MR) is 67.5 cm³/mol. The number of hydrogen-bond donors (Lipinski definition) is 2. The van der Waals surface area contributed by atoms with Gasteiger partial charge in [0.25, 0.3) is 10.2 Å². The largest absolute Gasteiger partial charge is 0.481 e. The van der Waals surface area contributed by atoms with E-state index in [1.807, 2.05) is 0 Å². The number of carboxylic acid groups (broad SMARTS) is 1. The molecule has 8 heteroatoms. The SMILES string of the molecule is CCOC(CNS(=O)(=O)N(C)C(C)C)CC(=O)O. The number of nitrogens with zero attached hydrogens (tertiary/aromatic N) is 1. The molecule has 0 saturated carbocycles. The van der Waals surface area contributed by atoms with Crippen LogP contribution in [0.5, 0.6) is 0 Å². The molecule has 1 atom stereocenters. The Labute approximate surface area is 108 Å². The van der Waals surface area contributed by atoms with E-state index in [0.717, 1.165) is 0 Å². The van der Waals surface area contributed by atoms with Crippen LogP contribution in [0.3, 0.4) is 0 Å². The Balaban J connectivity index is 4.46. The molecule has 0 aliphatic heterocycles. The highest BCUT2D eigenvalue weighted by Crippen LogP contribution is 2.03. The van der Waals surface area contributed by atoms with Crippen molar-refractivity contribution in [3.63, 3.8) is 0 Å². The molecule has 0 aromatic rings. The third-order valence-corrected chi connectivity index (χ3v) is 4.12. The number of nitrogens with one attached hydrogen (secondary N) is 1. The maximum absolute atomic E-state index is 11.8. The van der Waals surface area contributed by atoms with E-state index >= 15 is 0 Å². The normalized spacial score (nSPS) is 14.1. The topological polar surface area (TPSA) is 95.9 Å². The molecular formula is C10H22N2O5S. The van der Waals surface area contributed by atoms with Crippen molar-refractivity contribution in [2.75, 3.05) is 20.2 Å². The van der Waals surface area contributed by atoms with Crippen molar-refractivity contribution < 1.29 is 23.1 Å². The van der Waals surface area contributed by atoms with E-state index in [9.17, 15) is 13.2 Å². The molecule has 0 saturated heterocycles. The molecule has 0 aromatic heterocycles. The summed E-state index contributed by atoms with van der Waals surface area (Å²) < 4.78 is 32.2. The van der Waals surface area contributed by atoms with Gasteiger partial charge in [0.15, 0.2) is 0 Å². The second-order valence-electron chi connectivity index (χ2n) is 4.14. The minimum Gasteiger partial charge on any atom is -0.481 e. The van der Waals surface area contributed by atoms with Crippen LogP contribution in [0.1, 0.15) is 27.2 Å². The van der Waals surface area contributed by atoms with Gasteiger partial charge in [-0.05, 0) is 20.8 Å². The highest BCUT2D eigenvalue weighted by atomic mass is 32.2. The molecule has 7 nitrogen and oxygen atoms in total. The van der Waals surface area contributed by atoms with Gasteiger partial charge in [-0.3, -0.25) is 4.79 Å². The van der Waals surface area contributed by atoms with Gasteiger partial charge in [-0.1, -0.05) is 0 Å². The van der Waals surface area contributed by atoms with E-state index in [2.05, 4.69) is 4.72 Å². The summed E-state index contributed by atoms with van der Waals surface area (Å²) in [4.78, 5) is 10.6. The molecule has 0 fully saturated rings. The summed E-state index contributed by atoms with van der Waals surface area (Å²) in [6, 6.07) is -0.174. The summed E-state index contributed by atoms with van der Waals surface area (Å²) in [5, 5.41) is 8.67. The lowest BCUT2D eigenvalue weighted by Gasteiger charge is -2.23. The molecule has 0 aliphatic carbocycles. The fourth-order valence-electron chi connectivity index (χ4n) is 1.20. The Morgan fingerprint density at radius 2 is 2.00 bits per heavy atom. The first-order valence-corrected chi connectivity index (χ1v) is 7.20. The summed E-state index contributed by atoms with van der Waals surface area (Å²) >= 11 is 0. The standard InChI is InChI=1S/C10H22N2O5S/c1-5-17-9(6-10(13)14)7-11-18(15,16)12(4)8(2)3/h8-9,11H,5-7H2,1-4H3,(H,13,14). The van der Waals surface area contributed by atoms with Gasteiger partial charge >= 0.3 is 5.97 Å². The smallest absolute Gasteiger partial charge is 0.306 e. The first-order chi connectivity index (χ1) is 8.20. The van der Waals surface area contributed by atoms with Crippen LogP contribution in [0.15, 0.2) is 0 Å². The predicted octanol–water partition coefficient (Wildman–Crippen LogP) is 0.0408. The maximum Gasteiger partial charge on any atom is 0.306 e. The van der Waals surface area contributed by atoms with Crippen LogP contribution in [0.25, 0.3) is 0 Å². The fourth-order valence-corrected chi connectivity index (χ4v) is 2.35. The maximum atomic E-state index is 11.8. The quantitative estimate of drug-likeness (QED) is 0.622. The Morgan fingerprint density at radius 1 is 1.44 bits per heavy atom. The van der Waals surface area contributed by atoms with E-state index in [1.54, 1.807) is 20.8 Å². The molecule has 0 spiro atoms. The molecule has 0 aliphatic rings. The minimum atomic E-state index is -3.60. The van der Waals surface area contributed by atoms with E-state index in [0.29, 0.717) is 6.61 Å². The number of carboxylic acids is 1. The third kappa shape index (κ3) is 6.29. The second-order valence-corrected chi connectivity index (χ2v) is 5.95. The van der Waals surface area contributed by atoms with Gasteiger partial charge in [0, 0.05) is 26.2 Å². The lowest BCUT2D eigenvalue weighted by Crippen LogP contribution is -2.45. The van der Waals surface area contributed by atoms with Crippen molar-refractivity contribution in [3.05, 3.63) is 0 Å². The Bertz CT molecular complexity index is 355. The molecule has 0 aromatic carbocycles. The molecule has 0 radical (unpaired) electrons. The number of hydrogen-bond acceptors (Lipinski definition) is 4. The molecular weight excluding hydrogens is 260 g/mol. The van der Waals surface area contributed by atoms with Crippen molar-refractivity contribution in [2.45, 2.75) is 39.3 Å². The molecule has 0 heterocycles. The first-order valence-electron chi connectivity index (χ1n) is 5.76. The Morgan fingerprint density at radius 3 is 2.39 bits per heavy atom. The zero-order valence-electron chi connectivity index (χ0n) is 11.2. The highest BCUT2D eigenvalue weighted by Gasteiger charge is 2.22. The summed E-state index contributed by atoms with van der Waals surface area (Å²) in [6.45, 7) is 5.50. The summed E-state index contributed by atoms with van der Waals surface area (Å²) in [5.74, 6) is -1.02. The van der Waals surface area contributed by atoms with Crippen LogP contribution in [0.4, 0.5) is 0 Å². The molecule has 108 valence electrons. The van der Waals surface area contributed by atoms with Crippen LogP contribution >= 0.6 is 0 Å². The van der Waals surface area contributed by atoms with Crippen LogP contribution in [0.2, 0.25) is 0 Å². The van der Waals surface area contributed by atoms with E-state index in [4.69, 9.17) is 9.84 Å². The van der Waals surface area contributed by atoms with Gasteiger partial charge in [0.2, 0.25) is 0 Å². The molecule has 1 unspecified atom stereocenters. The van der Waals surface area contributed by atoms with Crippen molar-refractivity contribution in [2.24, 2.45) is 0 Å². The minimum absolute atomic E-state index is 0.0560.